The SMILES string of the molecule is c1ccc(C2(c3ccccc3)c3ccccc3-c3cc(-c4nc5oc6ccccc6c5nc4-n4c5ccccc5c5cc6ccccc6cc54)ccc32)cc1. The maximum Gasteiger partial charge on any atom is 0.247 e. The summed E-state index contributed by atoms with van der Waals surface area (Å²) in [5.41, 5.74) is 12.9. The van der Waals surface area contributed by atoms with Crippen molar-refractivity contribution in [1.82, 2.24) is 14.5 Å². The highest BCUT2D eigenvalue weighted by Crippen LogP contribution is 2.56. The van der Waals surface area contributed by atoms with E-state index in [2.05, 4.69) is 174 Å². The minimum atomic E-state index is -0.488. The van der Waals surface area contributed by atoms with Gasteiger partial charge in [0.15, 0.2) is 5.82 Å². The van der Waals surface area contributed by atoms with Gasteiger partial charge in [0.2, 0.25) is 5.71 Å². The van der Waals surface area contributed by atoms with Gasteiger partial charge in [0.05, 0.1) is 16.4 Å². The summed E-state index contributed by atoms with van der Waals surface area (Å²) in [4.78, 5) is 10.9. The van der Waals surface area contributed by atoms with Gasteiger partial charge in [0, 0.05) is 21.7 Å². The molecule has 3 heterocycles. The van der Waals surface area contributed by atoms with Crippen LogP contribution in [0.25, 0.3) is 83.0 Å². The molecule has 11 aromatic rings. The summed E-state index contributed by atoms with van der Waals surface area (Å²) in [6, 6.07) is 67.4. The first-order valence-electron chi connectivity index (χ1n) is 18.7. The summed E-state index contributed by atoms with van der Waals surface area (Å²) in [5, 5.41) is 5.68. The first kappa shape index (κ1) is 30.2. The van der Waals surface area contributed by atoms with Crippen LogP contribution in [0.5, 0.6) is 0 Å². The molecule has 0 amide bonds. The van der Waals surface area contributed by atoms with E-state index < -0.39 is 5.41 Å². The lowest BCUT2D eigenvalue weighted by Crippen LogP contribution is -2.28. The van der Waals surface area contributed by atoms with E-state index in [4.69, 9.17) is 14.4 Å². The minimum absolute atomic E-state index is 0.488. The number of furan rings is 1. The Kier molecular flexibility index (Phi) is 6.23. The highest BCUT2D eigenvalue weighted by atomic mass is 16.3. The molecule has 0 fully saturated rings. The highest BCUT2D eigenvalue weighted by molar-refractivity contribution is 6.14. The molecule has 0 saturated carbocycles. The molecule has 0 saturated heterocycles. The van der Waals surface area contributed by atoms with Crippen molar-refractivity contribution in [3.8, 4) is 28.2 Å². The first-order chi connectivity index (χ1) is 27.3. The zero-order valence-electron chi connectivity index (χ0n) is 29.6. The number of hydrogen-bond acceptors (Lipinski definition) is 3. The Bertz CT molecular complexity index is 3280. The molecule has 4 nitrogen and oxygen atoms in total. The molecule has 1 aliphatic rings. The number of rotatable bonds is 4. The Morgan fingerprint density at radius 1 is 0.455 bits per heavy atom. The third-order valence-corrected chi connectivity index (χ3v) is 11.7. The van der Waals surface area contributed by atoms with Crippen LogP contribution in [0.4, 0.5) is 0 Å². The summed E-state index contributed by atoms with van der Waals surface area (Å²) in [6.07, 6.45) is 0. The predicted molar refractivity (Wildman–Crippen MR) is 224 cm³/mol. The average Bonchev–Trinajstić information content (AvgIpc) is 3.88. The van der Waals surface area contributed by atoms with Crippen LogP contribution in [0.15, 0.2) is 192 Å². The summed E-state index contributed by atoms with van der Waals surface area (Å²) < 4.78 is 8.74. The molecule has 3 aromatic heterocycles. The van der Waals surface area contributed by atoms with E-state index in [1.807, 2.05) is 18.2 Å². The molecule has 0 atom stereocenters. The van der Waals surface area contributed by atoms with Crippen molar-refractivity contribution < 1.29 is 4.42 Å². The standard InChI is InChI=1S/C51H31N3O/c1-3-17-35(18-4-1)51(36-19-5-2-6-20-36)42-24-12-9-21-37(42)40-30-34(27-28-43(40)51)47-49(52-48-39-23-11-14-26-46(39)55-50(48)53-47)54-44-25-13-10-22-38(44)41-29-32-15-7-8-16-33(32)31-45(41)54/h1-31H. The molecule has 0 aliphatic heterocycles. The molecular weight excluding hydrogens is 671 g/mol. The topological polar surface area (TPSA) is 43.9 Å². The highest BCUT2D eigenvalue weighted by Gasteiger charge is 2.46. The molecule has 0 spiro atoms. The first-order valence-corrected chi connectivity index (χ1v) is 18.7. The van der Waals surface area contributed by atoms with Gasteiger partial charge in [-0.15, -0.1) is 0 Å². The van der Waals surface area contributed by atoms with Gasteiger partial charge in [-0.2, -0.15) is 0 Å². The van der Waals surface area contributed by atoms with Crippen LogP contribution in [0.3, 0.4) is 0 Å². The molecule has 55 heavy (non-hydrogen) atoms. The summed E-state index contributed by atoms with van der Waals surface area (Å²) in [6.45, 7) is 0. The zero-order chi connectivity index (χ0) is 36.1. The number of aromatic nitrogens is 3. The van der Waals surface area contributed by atoms with Gasteiger partial charge in [-0.3, -0.25) is 4.57 Å². The average molecular weight is 702 g/mol. The van der Waals surface area contributed by atoms with Gasteiger partial charge in [-0.1, -0.05) is 152 Å². The van der Waals surface area contributed by atoms with Crippen molar-refractivity contribution >= 4 is 54.8 Å². The van der Waals surface area contributed by atoms with Gasteiger partial charge in [-0.25, -0.2) is 9.97 Å². The van der Waals surface area contributed by atoms with Crippen LogP contribution in [0.2, 0.25) is 0 Å². The van der Waals surface area contributed by atoms with Crippen molar-refractivity contribution in [2.45, 2.75) is 5.41 Å². The number of hydrogen-bond donors (Lipinski definition) is 0. The minimum Gasteiger partial charge on any atom is -0.436 e. The lowest BCUT2D eigenvalue weighted by atomic mass is 9.67. The Morgan fingerprint density at radius 2 is 1.09 bits per heavy atom. The maximum atomic E-state index is 6.43. The van der Waals surface area contributed by atoms with E-state index in [9.17, 15) is 0 Å². The third kappa shape index (κ3) is 4.16. The van der Waals surface area contributed by atoms with E-state index >= 15 is 0 Å². The Hall–Kier alpha value is -7.30. The van der Waals surface area contributed by atoms with E-state index in [-0.39, 0.29) is 0 Å². The van der Waals surface area contributed by atoms with Crippen molar-refractivity contribution in [2.24, 2.45) is 0 Å². The normalized spacial score (nSPS) is 13.2. The molecule has 12 rings (SSSR count). The van der Waals surface area contributed by atoms with Crippen LogP contribution in [-0.2, 0) is 5.41 Å². The van der Waals surface area contributed by atoms with Gasteiger partial charge in [0.25, 0.3) is 0 Å². The van der Waals surface area contributed by atoms with Crippen LogP contribution in [-0.4, -0.2) is 14.5 Å². The fraction of sp³-hybridized carbons (Fsp3) is 0.0196. The second-order valence-corrected chi connectivity index (χ2v) is 14.5. The quantitative estimate of drug-likeness (QED) is 0.183. The smallest absolute Gasteiger partial charge is 0.247 e. The predicted octanol–water partition coefficient (Wildman–Crippen LogP) is 12.7. The Labute approximate surface area is 316 Å². The summed E-state index contributed by atoms with van der Waals surface area (Å²) >= 11 is 0. The molecule has 0 radical (unpaired) electrons. The van der Waals surface area contributed by atoms with Crippen molar-refractivity contribution in [2.75, 3.05) is 0 Å². The van der Waals surface area contributed by atoms with Crippen molar-refractivity contribution in [1.29, 1.82) is 0 Å². The second-order valence-electron chi connectivity index (χ2n) is 14.5. The van der Waals surface area contributed by atoms with Crippen LogP contribution in [0, 0.1) is 0 Å². The lowest BCUT2D eigenvalue weighted by molar-refractivity contribution is 0.653. The van der Waals surface area contributed by atoms with Crippen LogP contribution in [0.1, 0.15) is 22.3 Å². The van der Waals surface area contributed by atoms with E-state index in [0.29, 0.717) is 5.71 Å². The number of fused-ring (bicyclic) bond motifs is 10. The van der Waals surface area contributed by atoms with Gasteiger partial charge >= 0.3 is 0 Å². The number of benzene rings is 8. The van der Waals surface area contributed by atoms with Crippen LogP contribution < -0.4 is 0 Å². The van der Waals surface area contributed by atoms with E-state index in [1.54, 1.807) is 0 Å². The zero-order valence-corrected chi connectivity index (χ0v) is 29.6. The lowest BCUT2D eigenvalue weighted by Gasteiger charge is -2.33. The molecule has 0 unspecified atom stereocenters. The van der Waals surface area contributed by atoms with Crippen molar-refractivity contribution in [3.63, 3.8) is 0 Å². The molecular formula is C51H31N3O. The van der Waals surface area contributed by atoms with Gasteiger partial charge in [0.1, 0.15) is 16.8 Å². The summed E-state index contributed by atoms with van der Waals surface area (Å²) in [5.74, 6) is 0.768. The van der Waals surface area contributed by atoms with Crippen LogP contribution >= 0.6 is 0 Å². The number of nitrogens with zero attached hydrogens (tertiary/aromatic N) is 3. The van der Waals surface area contributed by atoms with Crippen molar-refractivity contribution in [3.05, 3.63) is 210 Å². The fourth-order valence-corrected chi connectivity index (χ4v) is 9.34. The van der Waals surface area contributed by atoms with E-state index in [1.165, 1.54) is 54.9 Å². The second kappa shape index (κ2) is 11.3. The van der Waals surface area contributed by atoms with Gasteiger partial charge in [-0.05, 0) is 80.6 Å². The largest absolute Gasteiger partial charge is 0.436 e. The monoisotopic (exact) mass is 701 g/mol. The third-order valence-electron chi connectivity index (χ3n) is 11.7. The summed E-state index contributed by atoms with van der Waals surface area (Å²) in [7, 11) is 0. The molecule has 1 aliphatic carbocycles. The van der Waals surface area contributed by atoms with E-state index in [0.717, 1.165) is 44.6 Å². The maximum absolute atomic E-state index is 6.43. The Balaban J connectivity index is 1.19. The number of para-hydroxylation sites is 2. The van der Waals surface area contributed by atoms with Gasteiger partial charge < -0.3 is 4.42 Å². The molecule has 4 heteroatoms. The Morgan fingerprint density at radius 3 is 1.89 bits per heavy atom. The fourth-order valence-electron chi connectivity index (χ4n) is 9.34. The molecule has 256 valence electrons. The molecule has 8 aromatic carbocycles. The molecule has 0 bridgehead atoms. The molecule has 0 N–H and O–H groups in total.